The van der Waals surface area contributed by atoms with E-state index in [1.165, 1.54) is 18.4 Å². The Balaban J connectivity index is 1.65. The lowest BCUT2D eigenvalue weighted by molar-refractivity contribution is -0.683. The van der Waals surface area contributed by atoms with Crippen molar-refractivity contribution in [3.05, 3.63) is 59.7 Å². The lowest BCUT2D eigenvalue weighted by atomic mass is 10.2. The average molecular weight is 298 g/mol. The number of rotatable bonds is 8. The summed E-state index contributed by atoms with van der Waals surface area (Å²) in [5.74, 6) is 1.67. The molecular formula is C19H24NO2+. The van der Waals surface area contributed by atoms with Crippen LogP contribution in [0, 0.1) is 0 Å². The standard InChI is InChI=1S/C19H23NO2/c1-2-21-19-12-16(13-20-17-9-10-17)8-11-18(19)22-14-15-6-4-3-5-7-15/h3-8,11-12,17,20H,2,9-10,13-14H2,1H3/p+1. The van der Waals surface area contributed by atoms with Gasteiger partial charge in [0, 0.05) is 18.4 Å². The SMILES string of the molecule is CCOc1cc(C[NH2+]C2CC2)ccc1OCc1ccccc1. The van der Waals surface area contributed by atoms with Gasteiger partial charge in [0.15, 0.2) is 11.5 Å². The highest BCUT2D eigenvalue weighted by molar-refractivity contribution is 5.43. The molecule has 116 valence electrons. The van der Waals surface area contributed by atoms with E-state index in [1.807, 2.05) is 31.2 Å². The minimum atomic E-state index is 0.564. The quantitative estimate of drug-likeness (QED) is 0.813. The number of quaternary nitrogens is 1. The van der Waals surface area contributed by atoms with Gasteiger partial charge in [-0.05, 0) is 30.7 Å². The van der Waals surface area contributed by atoms with E-state index in [9.17, 15) is 0 Å². The van der Waals surface area contributed by atoms with Crippen molar-refractivity contribution in [3.8, 4) is 11.5 Å². The Labute approximate surface area is 132 Å². The summed E-state index contributed by atoms with van der Waals surface area (Å²) in [5.41, 5.74) is 2.46. The van der Waals surface area contributed by atoms with Crippen LogP contribution in [0.5, 0.6) is 11.5 Å². The molecule has 0 aromatic heterocycles. The zero-order valence-corrected chi connectivity index (χ0v) is 13.1. The summed E-state index contributed by atoms with van der Waals surface area (Å²) < 4.78 is 11.7. The molecule has 2 aromatic carbocycles. The molecule has 0 heterocycles. The van der Waals surface area contributed by atoms with Gasteiger partial charge in [0.05, 0.1) is 12.6 Å². The first-order chi connectivity index (χ1) is 10.8. The monoisotopic (exact) mass is 298 g/mol. The molecule has 2 N–H and O–H groups in total. The maximum Gasteiger partial charge on any atom is 0.161 e. The predicted octanol–water partition coefficient (Wildman–Crippen LogP) is 2.89. The summed E-state index contributed by atoms with van der Waals surface area (Å²) in [7, 11) is 0. The maximum atomic E-state index is 5.93. The third-order valence-electron chi connectivity index (χ3n) is 3.85. The van der Waals surface area contributed by atoms with Crippen LogP contribution >= 0.6 is 0 Å². The minimum Gasteiger partial charge on any atom is -0.490 e. The molecule has 3 heteroatoms. The number of benzene rings is 2. The maximum absolute atomic E-state index is 5.93. The fourth-order valence-corrected chi connectivity index (χ4v) is 2.44. The van der Waals surface area contributed by atoms with Gasteiger partial charge in [-0.1, -0.05) is 30.3 Å². The second kappa shape index (κ2) is 7.32. The van der Waals surface area contributed by atoms with Crippen LogP contribution in [-0.4, -0.2) is 12.6 Å². The number of hydrogen-bond donors (Lipinski definition) is 1. The molecule has 0 aliphatic heterocycles. The second-order valence-corrected chi connectivity index (χ2v) is 5.77. The van der Waals surface area contributed by atoms with Gasteiger partial charge in [0.1, 0.15) is 13.2 Å². The van der Waals surface area contributed by atoms with Crippen molar-refractivity contribution in [2.45, 2.75) is 39.0 Å². The van der Waals surface area contributed by atoms with E-state index in [4.69, 9.17) is 9.47 Å². The topological polar surface area (TPSA) is 35.1 Å². The first-order valence-corrected chi connectivity index (χ1v) is 8.11. The second-order valence-electron chi connectivity index (χ2n) is 5.77. The summed E-state index contributed by atoms with van der Waals surface area (Å²) in [5, 5.41) is 2.41. The molecule has 3 rings (SSSR count). The molecule has 0 spiro atoms. The predicted molar refractivity (Wildman–Crippen MR) is 87.0 cm³/mol. The van der Waals surface area contributed by atoms with Crippen molar-refractivity contribution >= 4 is 0 Å². The van der Waals surface area contributed by atoms with Gasteiger partial charge in [-0.3, -0.25) is 0 Å². The van der Waals surface area contributed by atoms with Crippen LogP contribution in [0.15, 0.2) is 48.5 Å². The zero-order valence-electron chi connectivity index (χ0n) is 13.1. The molecule has 1 aliphatic carbocycles. The van der Waals surface area contributed by atoms with E-state index in [0.29, 0.717) is 13.2 Å². The molecule has 0 saturated heterocycles. The Morgan fingerprint density at radius 1 is 0.955 bits per heavy atom. The van der Waals surface area contributed by atoms with Crippen LogP contribution in [0.25, 0.3) is 0 Å². The smallest absolute Gasteiger partial charge is 0.161 e. The summed E-state index contributed by atoms with van der Waals surface area (Å²) in [6.07, 6.45) is 2.72. The molecule has 0 bridgehead atoms. The van der Waals surface area contributed by atoms with Gasteiger partial charge >= 0.3 is 0 Å². The van der Waals surface area contributed by atoms with Crippen molar-refractivity contribution < 1.29 is 14.8 Å². The highest BCUT2D eigenvalue weighted by Gasteiger charge is 2.24. The number of ether oxygens (including phenoxy) is 2. The van der Waals surface area contributed by atoms with E-state index in [-0.39, 0.29) is 0 Å². The lowest BCUT2D eigenvalue weighted by Crippen LogP contribution is -2.84. The fourth-order valence-electron chi connectivity index (χ4n) is 2.44. The molecular weight excluding hydrogens is 274 g/mol. The van der Waals surface area contributed by atoms with Crippen LogP contribution < -0.4 is 14.8 Å². The van der Waals surface area contributed by atoms with Gasteiger partial charge in [0.25, 0.3) is 0 Å². The van der Waals surface area contributed by atoms with Crippen molar-refractivity contribution in [2.24, 2.45) is 0 Å². The average Bonchev–Trinajstić information content (AvgIpc) is 3.38. The largest absolute Gasteiger partial charge is 0.490 e. The lowest BCUT2D eigenvalue weighted by Gasteiger charge is -2.13. The van der Waals surface area contributed by atoms with Gasteiger partial charge in [-0.2, -0.15) is 0 Å². The van der Waals surface area contributed by atoms with E-state index in [2.05, 4.69) is 29.6 Å². The van der Waals surface area contributed by atoms with Crippen LogP contribution in [-0.2, 0) is 13.2 Å². The van der Waals surface area contributed by atoms with Crippen LogP contribution in [0.1, 0.15) is 30.9 Å². The zero-order chi connectivity index (χ0) is 15.2. The van der Waals surface area contributed by atoms with Crippen molar-refractivity contribution in [1.29, 1.82) is 0 Å². The molecule has 0 amide bonds. The molecule has 0 radical (unpaired) electrons. The number of hydrogen-bond acceptors (Lipinski definition) is 2. The summed E-state index contributed by atoms with van der Waals surface area (Å²) in [4.78, 5) is 0. The third kappa shape index (κ3) is 4.25. The van der Waals surface area contributed by atoms with E-state index < -0.39 is 0 Å². The summed E-state index contributed by atoms with van der Waals surface area (Å²) in [6, 6.07) is 17.3. The molecule has 2 aromatic rings. The Morgan fingerprint density at radius 2 is 1.77 bits per heavy atom. The van der Waals surface area contributed by atoms with Crippen molar-refractivity contribution in [3.63, 3.8) is 0 Å². The molecule has 1 saturated carbocycles. The molecule has 1 fully saturated rings. The van der Waals surface area contributed by atoms with Crippen LogP contribution in [0.2, 0.25) is 0 Å². The minimum absolute atomic E-state index is 0.564. The van der Waals surface area contributed by atoms with E-state index >= 15 is 0 Å². The Kier molecular flexibility index (Phi) is 4.96. The first kappa shape index (κ1) is 14.9. The van der Waals surface area contributed by atoms with Gasteiger partial charge < -0.3 is 14.8 Å². The highest BCUT2D eigenvalue weighted by atomic mass is 16.5. The first-order valence-electron chi connectivity index (χ1n) is 8.11. The molecule has 0 atom stereocenters. The highest BCUT2D eigenvalue weighted by Crippen LogP contribution is 2.29. The van der Waals surface area contributed by atoms with Crippen LogP contribution in [0.4, 0.5) is 0 Å². The van der Waals surface area contributed by atoms with Gasteiger partial charge in [-0.15, -0.1) is 0 Å². The van der Waals surface area contributed by atoms with Crippen molar-refractivity contribution in [2.75, 3.05) is 6.61 Å². The van der Waals surface area contributed by atoms with Crippen molar-refractivity contribution in [1.82, 2.24) is 0 Å². The molecule has 1 aliphatic rings. The fraction of sp³-hybridized carbons (Fsp3) is 0.368. The third-order valence-corrected chi connectivity index (χ3v) is 3.85. The Morgan fingerprint density at radius 3 is 2.50 bits per heavy atom. The summed E-state index contributed by atoms with van der Waals surface area (Å²) >= 11 is 0. The number of nitrogens with two attached hydrogens (primary N) is 1. The van der Waals surface area contributed by atoms with Gasteiger partial charge in [0.2, 0.25) is 0 Å². The van der Waals surface area contributed by atoms with E-state index in [0.717, 1.165) is 29.6 Å². The van der Waals surface area contributed by atoms with Crippen LogP contribution in [0.3, 0.4) is 0 Å². The summed E-state index contributed by atoms with van der Waals surface area (Å²) in [6.45, 7) is 4.24. The normalized spacial score (nSPS) is 13.9. The Hall–Kier alpha value is -2.00. The van der Waals surface area contributed by atoms with Gasteiger partial charge in [-0.25, -0.2) is 0 Å². The van der Waals surface area contributed by atoms with E-state index in [1.54, 1.807) is 0 Å². The molecule has 3 nitrogen and oxygen atoms in total. The molecule has 0 unspecified atom stereocenters. The Bertz CT molecular complexity index is 594. The molecule has 22 heavy (non-hydrogen) atoms.